The van der Waals surface area contributed by atoms with Crippen molar-refractivity contribution < 1.29 is 9.59 Å². The van der Waals surface area contributed by atoms with Crippen molar-refractivity contribution >= 4 is 40.8 Å². The Morgan fingerprint density at radius 3 is 2.81 bits per heavy atom. The summed E-state index contributed by atoms with van der Waals surface area (Å²) in [6.07, 6.45) is 3.54. The van der Waals surface area contributed by atoms with Crippen LogP contribution in [-0.2, 0) is 11.2 Å². The van der Waals surface area contributed by atoms with E-state index in [1.54, 1.807) is 29.3 Å². The summed E-state index contributed by atoms with van der Waals surface area (Å²) in [5, 5.41) is 3.32. The zero-order chi connectivity index (χ0) is 19.4. The van der Waals surface area contributed by atoms with Crippen molar-refractivity contribution in [2.75, 3.05) is 25.4 Å². The van der Waals surface area contributed by atoms with Crippen molar-refractivity contribution in [1.82, 2.24) is 15.2 Å². The fraction of sp³-hybridized carbons (Fsp3) is 0.316. The van der Waals surface area contributed by atoms with Gasteiger partial charge in [0, 0.05) is 24.3 Å². The van der Waals surface area contributed by atoms with Gasteiger partial charge in [-0.25, -0.2) is 4.98 Å². The van der Waals surface area contributed by atoms with E-state index in [-0.39, 0.29) is 18.0 Å². The van der Waals surface area contributed by atoms with E-state index >= 15 is 0 Å². The second kappa shape index (κ2) is 8.59. The van der Waals surface area contributed by atoms with Crippen LogP contribution < -0.4 is 11.1 Å². The van der Waals surface area contributed by atoms with Crippen LogP contribution in [0.3, 0.4) is 0 Å². The number of benzene rings is 1. The lowest BCUT2D eigenvalue weighted by Gasteiger charge is -2.17. The van der Waals surface area contributed by atoms with Gasteiger partial charge in [-0.05, 0) is 48.6 Å². The monoisotopic (exact) mass is 406 g/mol. The molecule has 1 aliphatic rings. The second-order valence-corrected chi connectivity index (χ2v) is 7.44. The number of aromatic nitrogens is 1. The summed E-state index contributed by atoms with van der Waals surface area (Å²) < 4.78 is 0. The molecule has 3 rings (SSSR count). The van der Waals surface area contributed by atoms with Crippen LogP contribution in [0.2, 0.25) is 10.0 Å². The van der Waals surface area contributed by atoms with Crippen LogP contribution in [0.25, 0.3) is 0 Å². The number of nitrogens with one attached hydrogen (secondary N) is 1. The summed E-state index contributed by atoms with van der Waals surface area (Å²) >= 11 is 11.9. The molecular weight excluding hydrogens is 387 g/mol. The lowest BCUT2D eigenvalue weighted by Crippen LogP contribution is -2.39. The SMILES string of the molecule is Nc1ccc(CC2CCN(C(=O)CNC(=O)c3cc(Cl)ccc3Cl)C2)cn1. The van der Waals surface area contributed by atoms with E-state index in [0.717, 1.165) is 18.4 Å². The Kier molecular flexibility index (Phi) is 6.19. The zero-order valence-corrected chi connectivity index (χ0v) is 16.1. The lowest BCUT2D eigenvalue weighted by molar-refractivity contribution is -0.129. The number of amides is 2. The fourth-order valence-corrected chi connectivity index (χ4v) is 3.53. The Morgan fingerprint density at radius 2 is 2.07 bits per heavy atom. The largest absolute Gasteiger partial charge is 0.384 e. The molecule has 27 heavy (non-hydrogen) atoms. The third kappa shape index (κ3) is 5.11. The van der Waals surface area contributed by atoms with Gasteiger partial charge in [-0.3, -0.25) is 9.59 Å². The quantitative estimate of drug-likeness (QED) is 0.798. The van der Waals surface area contributed by atoms with Crippen LogP contribution in [0.5, 0.6) is 0 Å². The third-order valence-electron chi connectivity index (χ3n) is 4.58. The first kappa shape index (κ1) is 19.5. The Morgan fingerprint density at radius 1 is 1.26 bits per heavy atom. The van der Waals surface area contributed by atoms with Crippen LogP contribution in [-0.4, -0.2) is 41.3 Å². The molecule has 1 saturated heterocycles. The number of nitrogens with two attached hydrogens (primary N) is 1. The van der Waals surface area contributed by atoms with Crippen molar-refractivity contribution in [3.05, 3.63) is 57.7 Å². The van der Waals surface area contributed by atoms with Crippen LogP contribution in [0.15, 0.2) is 36.5 Å². The first-order chi connectivity index (χ1) is 12.9. The number of rotatable bonds is 5. The number of nitrogens with zero attached hydrogens (tertiary/aromatic N) is 2. The maximum Gasteiger partial charge on any atom is 0.253 e. The molecule has 2 heterocycles. The van der Waals surface area contributed by atoms with Gasteiger partial charge < -0.3 is 16.0 Å². The molecule has 1 aromatic carbocycles. The van der Waals surface area contributed by atoms with Crippen molar-refractivity contribution in [3.8, 4) is 0 Å². The Labute approximate surface area is 167 Å². The normalized spacial score (nSPS) is 16.4. The standard InChI is InChI=1S/C19H20Cl2N4O2/c20-14-2-3-16(21)15(8-14)19(27)24-10-18(26)25-6-5-13(11-25)7-12-1-4-17(22)23-9-12/h1-4,8-9,13H,5-7,10-11H2,(H2,22,23)(H,24,27). The van der Waals surface area contributed by atoms with Crippen LogP contribution in [0.4, 0.5) is 5.82 Å². The number of pyridine rings is 1. The highest BCUT2D eigenvalue weighted by Gasteiger charge is 2.26. The average Bonchev–Trinajstić information content (AvgIpc) is 3.12. The van der Waals surface area contributed by atoms with E-state index in [4.69, 9.17) is 28.9 Å². The first-order valence-electron chi connectivity index (χ1n) is 8.64. The number of hydrogen-bond donors (Lipinski definition) is 2. The van der Waals surface area contributed by atoms with Gasteiger partial charge in [0.25, 0.3) is 5.91 Å². The molecule has 6 nitrogen and oxygen atoms in total. The summed E-state index contributed by atoms with van der Waals surface area (Å²) in [5.74, 6) is 0.342. The maximum absolute atomic E-state index is 12.4. The van der Waals surface area contributed by atoms with Crippen molar-refractivity contribution in [3.63, 3.8) is 0 Å². The van der Waals surface area contributed by atoms with Gasteiger partial charge in [-0.2, -0.15) is 0 Å². The molecule has 1 aromatic heterocycles. The van der Waals surface area contributed by atoms with Gasteiger partial charge in [-0.15, -0.1) is 0 Å². The highest BCUT2D eigenvalue weighted by Crippen LogP contribution is 2.22. The molecule has 8 heteroatoms. The number of anilines is 1. The van der Waals surface area contributed by atoms with Crippen LogP contribution in [0.1, 0.15) is 22.3 Å². The Hall–Kier alpha value is -2.31. The second-order valence-electron chi connectivity index (χ2n) is 6.60. The molecular formula is C19H20Cl2N4O2. The number of nitrogen functional groups attached to an aromatic ring is 1. The topological polar surface area (TPSA) is 88.3 Å². The molecule has 0 spiro atoms. The minimum absolute atomic E-state index is 0.0716. The predicted molar refractivity (Wildman–Crippen MR) is 106 cm³/mol. The summed E-state index contributed by atoms with van der Waals surface area (Å²) in [4.78, 5) is 30.5. The molecule has 142 valence electrons. The molecule has 1 aliphatic heterocycles. The van der Waals surface area contributed by atoms with Crippen molar-refractivity contribution in [1.29, 1.82) is 0 Å². The summed E-state index contributed by atoms with van der Waals surface area (Å²) in [5.41, 5.74) is 6.96. The van der Waals surface area contributed by atoms with E-state index < -0.39 is 5.91 Å². The zero-order valence-electron chi connectivity index (χ0n) is 14.6. The molecule has 0 radical (unpaired) electrons. The Balaban J connectivity index is 1.49. The molecule has 1 unspecified atom stereocenters. The highest BCUT2D eigenvalue weighted by molar-refractivity contribution is 6.35. The van der Waals surface area contributed by atoms with E-state index in [1.165, 1.54) is 6.07 Å². The van der Waals surface area contributed by atoms with E-state index in [9.17, 15) is 9.59 Å². The molecule has 1 fully saturated rings. The van der Waals surface area contributed by atoms with Gasteiger partial charge in [0.05, 0.1) is 17.1 Å². The summed E-state index contributed by atoms with van der Waals surface area (Å²) in [6.45, 7) is 1.27. The van der Waals surface area contributed by atoms with Gasteiger partial charge in [-0.1, -0.05) is 29.3 Å². The number of hydrogen-bond acceptors (Lipinski definition) is 4. The molecule has 1 atom stereocenters. The molecule has 0 aliphatic carbocycles. The molecule has 2 amide bonds. The third-order valence-corrected chi connectivity index (χ3v) is 5.15. The summed E-state index contributed by atoms with van der Waals surface area (Å²) in [6, 6.07) is 8.38. The molecule has 2 aromatic rings. The van der Waals surface area contributed by atoms with E-state index in [0.29, 0.717) is 34.9 Å². The molecule has 0 bridgehead atoms. The van der Waals surface area contributed by atoms with Crippen LogP contribution in [0, 0.1) is 5.92 Å². The number of likely N-dealkylation sites (tertiary alicyclic amines) is 1. The van der Waals surface area contributed by atoms with Gasteiger partial charge >= 0.3 is 0 Å². The first-order valence-corrected chi connectivity index (χ1v) is 9.39. The lowest BCUT2D eigenvalue weighted by atomic mass is 10.00. The minimum Gasteiger partial charge on any atom is -0.384 e. The van der Waals surface area contributed by atoms with Gasteiger partial charge in [0.15, 0.2) is 0 Å². The van der Waals surface area contributed by atoms with Crippen molar-refractivity contribution in [2.45, 2.75) is 12.8 Å². The number of halogens is 2. The fourth-order valence-electron chi connectivity index (χ4n) is 3.15. The summed E-state index contributed by atoms with van der Waals surface area (Å²) in [7, 11) is 0. The highest BCUT2D eigenvalue weighted by atomic mass is 35.5. The van der Waals surface area contributed by atoms with E-state index in [1.807, 2.05) is 6.07 Å². The smallest absolute Gasteiger partial charge is 0.253 e. The maximum atomic E-state index is 12.4. The predicted octanol–water partition coefficient (Wildman–Crippen LogP) is 2.79. The van der Waals surface area contributed by atoms with E-state index in [2.05, 4.69) is 10.3 Å². The molecule has 3 N–H and O–H groups in total. The number of carbonyl (C=O) groups is 2. The Bertz CT molecular complexity index is 842. The van der Waals surface area contributed by atoms with Gasteiger partial charge in [0.1, 0.15) is 5.82 Å². The number of carbonyl (C=O) groups excluding carboxylic acids is 2. The van der Waals surface area contributed by atoms with Gasteiger partial charge in [0.2, 0.25) is 5.91 Å². The average molecular weight is 407 g/mol. The van der Waals surface area contributed by atoms with Crippen molar-refractivity contribution in [2.24, 2.45) is 5.92 Å². The minimum atomic E-state index is -0.417. The molecule has 0 saturated carbocycles. The van der Waals surface area contributed by atoms with Crippen LogP contribution >= 0.6 is 23.2 Å².